The molecule has 138 valence electrons. The number of carbonyl (C=O) groups excluding carboxylic acids is 1. The fraction of sp³-hybridized carbons (Fsp3) is 0.650. The molecular weight excluding hydrogens is 318 g/mol. The van der Waals surface area contributed by atoms with Gasteiger partial charge in [0, 0.05) is 19.0 Å². The first kappa shape index (κ1) is 18.2. The van der Waals surface area contributed by atoms with Gasteiger partial charge in [0.05, 0.1) is 13.2 Å². The van der Waals surface area contributed by atoms with Crippen molar-refractivity contribution in [1.29, 1.82) is 0 Å². The molecule has 2 aliphatic heterocycles. The number of piperidine rings is 1. The molecule has 3 rings (SSSR count). The Bertz CT molecular complexity index is 563. The molecule has 2 heterocycles. The van der Waals surface area contributed by atoms with E-state index >= 15 is 0 Å². The summed E-state index contributed by atoms with van der Waals surface area (Å²) in [6.07, 6.45) is 2.84. The number of carbonyl (C=O) groups is 1. The Balaban J connectivity index is 1.49. The Morgan fingerprint density at radius 1 is 1.24 bits per heavy atom. The van der Waals surface area contributed by atoms with Crippen LogP contribution in [0, 0.1) is 5.92 Å². The van der Waals surface area contributed by atoms with Crippen LogP contribution in [0.1, 0.15) is 44.6 Å². The van der Waals surface area contributed by atoms with Crippen LogP contribution in [0.25, 0.3) is 0 Å². The van der Waals surface area contributed by atoms with Crippen LogP contribution in [0.4, 0.5) is 0 Å². The number of hydrogen-bond donors (Lipinski definition) is 0. The van der Waals surface area contributed by atoms with Crippen LogP contribution >= 0.6 is 0 Å². The highest BCUT2D eigenvalue weighted by atomic mass is 16.7. The Kier molecular flexibility index (Phi) is 6.32. The number of para-hydroxylation sites is 1. The van der Waals surface area contributed by atoms with Crippen molar-refractivity contribution >= 4 is 5.91 Å². The minimum atomic E-state index is -0.0732. The molecule has 25 heavy (non-hydrogen) atoms. The predicted octanol–water partition coefficient (Wildman–Crippen LogP) is 3.19. The van der Waals surface area contributed by atoms with Crippen molar-refractivity contribution in [2.75, 3.05) is 32.9 Å². The predicted molar refractivity (Wildman–Crippen MR) is 95.6 cm³/mol. The van der Waals surface area contributed by atoms with Crippen molar-refractivity contribution in [2.24, 2.45) is 5.92 Å². The van der Waals surface area contributed by atoms with Gasteiger partial charge in [-0.05, 0) is 36.8 Å². The molecule has 0 spiro atoms. The van der Waals surface area contributed by atoms with Gasteiger partial charge in [-0.3, -0.25) is 4.79 Å². The lowest BCUT2D eigenvalue weighted by Gasteiger charge is -2.33. The average molecular weight is 347 g/mol. The van der Waals surface area contributed by atoms with E-state index in [1.54, 1.807) is 0 Å². The summed E-state index contributed by atoms with van der Waals surface area (Å²) in [4.78, 5) is 14.4. The normalized spacial score (nSPS) is 20.6. The molecule has 0 aliphatic carbocycles. The molecule has 0 N–H and O–H groups in total. The van der Waals surface area contributed by atoms with Gasteiger partial charge in [-0.25, -0.2) is 0 Å². The van der Waals surface area contributed by atoms with E-state index in [4.69, 9.17) is 14.2 Å². The molecule has 1 aromatic carbocycles. The van der Waals surface area contributed by atoms with Crippen molar-refractivity contribution in [3.8, 4) is 5.75 Å². The van der Waals surface area contributed by atoms with Gasteiger partial charge in [-0.2, -0.15) is 0 Å². The molecule has 0 saturated carbocycles. The number of amides is 1. The zero-order valence-electron chi connectivity index (χ0n) is 15.3. The Morgan fingerprint density at radius 3 is 2.60 bits per heavy atom. The zero-order chi connectivity index (χ0) is 17.6. The first-order valence-corrected chi connectivity index (χ1v) is 9.41. The Hall–Kier alpha value is -1.59. The topological polar surface area (TPSA) is 48.0 Å². The molecule has 0 bridgehead atoms. The third kappa shape index (κ3) is 4.53. The standard InChI is InChI=1S/C20H29NO4/c1-3-15(2)17-6-4-5-7-18(17)25-14-19(22)21-10-8-16(9-11-21)20-23-12-13-24-20/h4-7,15-16,20H,3,8-14H2,1-2H3. The van der Waals surface area contributed by atoms with Crippen LogP contribution < -0.4 is 4.74 Å². The number of benzene rings is 1. The fourth-order valence-electron chi connectivity index (χ4n) is 3.54. The van der Waals surface area contributed by atoms with E-state index in [-0.39, 0.29) is 18.8 Å². The number of rotatable bonds is 6. The molecule has 1 atom stereocenters. The van der Waals surface area contributed by atoms with E-state index in [2.05, 4.69) is 19.9 Å². The van der Waals surface area contributed by atoms with Gasteiger partial charge in [0.25, 0.3) is 5.91 Å². The molecule has 1 aromatic rings. The lowest BCUT2D eigenvalue weighted by molar-refractivity contribution is -0.138. The summed E-state index contributed by atoms with van der Waals surface area (Å²) >= 11 is 0. The molecule has 2 fully saturated rings. The number of hydrogen-bond acceptors (Lipinski definition) is 4. The van der Waals surface area contributed by atoms with Gasteiger partial charge in [-0.1, -0.05) is 32.0 Å². The molecule has 0 radical (unpaired) electrons. The lowest BCUT2D eigenvalue weighted by atomic mass is 9.96. The summed E-state index contributed by atoms with van der Waals surface area (Å²) in [5.41, 5.74) is 1.17. The zero-order valence-corrected chi connectivity index (χ0v) is 15.3. The number of ether oxygens (including phenoxy) is 3. The second-order valence-corrected chi connectivity index (χ2v) is 6.96. The average Bonchev–Trinajstić information content (AvgIpc) is 3.20. The second kappa shape index (κ2) is 8.68. The van der Waals surface area contributed by atoms with Gasteiger partial charge in [0.15, 0.2) is 12.9 Å². The van der Waals surface area contributed by atoms with Gasteiger partial charge >= 0.3 is 0 Å². The van der Waals surface area contributed by atoms with Gasteiger partial charge < -0.3 is 19.1 Å². The quantitative estimate of drug-likeness (QED) is 0.793. The van der Waals surface area contributed by atoms with E-state index in [0.29, 0.717) is 25.0 Å². The SMILES string of the molecule is CCC(C)c1ccccc1OCC(=O)N1CCC(C2OCCO2)CC1. The smallest absolute Gasteiger partial charge is 0.260 e. The maximum absolute atomic E-state index is 12.5. The summed E-state index contributed by atoms with van der Waals surface area (Å²) in [5, 5.41) is 0. The monoisotopic (exact) mass is 347 g/mol. The largest absolute Gasteiger partial charge is 0.483 e. The van der Waals surface area contributed by atoms with Gasteiger partial charge in [0.2, 0.25) is 0 Å². The lowest BCUT2D eigenvalue weighted by Crippen LogP contribution is -2.43. The minimum Gasteiger partial charge on any atom is -0.483 e. The Labute approximate surface area is 150 Å². The summed E-state index contributed by atoms with van der Waals surface area (Å²) < 4.78 is 17.0. The summed E-state index contributed by atoms with van der Waals surface area (Å²) in [5.74, 6) is 1.71. The Morgan fingerprint density at radius 2 is 1.92 bits per heavy atom. The molecule has 2 aliphatic rings. The van der Waals surface area contributed by atoms with Gasteiger partial charge in [0.1, 0.15) is 5.75 Å². The fourth-order valence-corrected chi connectivity index (χ4v) is 3.54. The molecule has 1 unspecified atom stereocenters. The van der Waals surface area contributed by atoms with E-state index in [0.717, 1.165) is 38.1 Å². The summed E-state index contributed by atoms with van der Waals surface area (Å²) in [7, 11) is 0. The van der Waals surface area contributed by atoms with Crippen molar-refractivity contribution in [2.45, 2.75) is 45.3 Å². The molecular formula is C20H29NO4. The van der Waals surface area contributed by atoms with Crippen molar-refractivity contribution in [1.82, 2.24) is 4.90 Å². The number of likely N-dealkylation sites (tertiary alicyclic amines) is 1. The highest BCUT2D eigenvalue weighted by Crippen LogP contribution is 2.29. The van der Waals surface area contributed by atoms with Crippen LogP contribution in [-0.4, -0.2) is 50.0 Å². The molecule has 5 heteroatoms. The van der Waals surface area contributed by atoms with Crippen molar-refractivity contribution in [3.63, 3.8) is 0 Å². The molecule has 0 aromatic heterocycles. The number of nitrogens with zero attached hydrogens (tertiary/aromatic N) is 1. The molecule has 5 nitrogen and oxygen atoms in total. The maximum Gasteiger partial charge on any atom is 0.260 e. The van der Waals surface area contributed by atoms with E-state index in [9.17, 15) is 4.79 Å². The molecule has 2 saturated heterocycles. The van der Waals surface area contributed by atoms with Crippen molar-refractivity contribution in [3.05, 3.63) is 29.8 Å². The van der Waals surface area contributed by atoms with E-state index in [1.165, 1.54) is 5.56 Å². The van der Waals surface area contributed by atoms with Crippen molar-refractivity contribution < 1.29 is 19.0 Å². The van der Waals surface area contributed by atoms with Crippen LogP contribution in [-0.2, 0) is 14.3 Å². The minimum absolute atomic E-state index is 0.0608. The first-order chi connectivity index (χ1) is 12.2. The third-order valence-electron chi connectivity index (χ3n) is 5.34. The van der Waals surface area contributed by atoms with Crippen LogP contribution in [0.2, 0.25) is 0 Å². The summed E-state index contributed by atoms with van der Waals surface area (Å²) in [6.45, 7) is 7.33. The maximum atomic E-state index is 12.5. The van der Waals surface area contributed by atoms with Crippen LogP contribution in [0.15, 0.2) is 24.3 Å². The van der Waals surface area contributed by atoms with E-state index < -0.39 is 0 Å². The highest BCUT2D eigenvalue weighted by molar-refractivity contribution is 5.77. The van der Waals surface area contributed by atoms with Gasteiger partial charge in [-0.15, -0.1) is 0 Å². The van der Waals surface area contributed by atoms with Crippen LogP contribution in [0.3, 0.4) is 0 Å². The molecule has 1 amide bonds. The second-order valence-electron chi connectivity index (χ2n) is 6.96. The summed E-state index contributed by atoms with van der Waals surface area (Å²) in [6, 6.07) is 8.02. The first-order valence-electron chi connectivity index (χ1n) is 9.41. The third-order valence-corrected chi connectivity index (χ3v) is 5.34. The highest BCUT2D eigenvalue weighted by Gasteiger charge is 2.31. The van der Waals surface area contributed by atoms with Crippen LogP contribution in [0.5, 0.6) is 5.75 Å². The van der Waals surface area contributed by atoms with E-state index in [1.807, 2.05) is 23.1 Å².